The van der Waals surface area contributed by atoms with Gasteiger partial charge in [-0.05, 0) is 32.2 Å². The predicted molar refractivity (Wildman–Crippen MR) is 79.4 cm³/mol. The second kappa shape index (κ2) is 7.91. The van der Waals surface area contributed by atoms with Crippen LogP contribution in [-0.2, 0) is 19.2 Å². The van der Waals surface area contributed by atoms with Gasteiger partial charge in [-0.1, -0.05) is 0 Å². The average molecular weight is 326 g/mol. The number of carboxylic acids is 1. The highest BCUT2D eigenvalue weighted by Gasteiger charge is 2.33. The Labute approximate surface area is 133 Å². The second-order valence-electron chi connectivity index (χ2n) is 5.73. The molecule has 0 bridgehead atoms. The Morgan fingerprint density at radius 2 is 1.87 bits per heavy atom. The molecule has 0 radical (unpaired) electrons. The fraction of sp³-hybridized carbons (Fsp3) is 0.714. The standard InChI is InChI=1S/C14H22N4O5/c19-11(7-17-13(21)9-3-1-5-15-9)16-8-12(20)18-6-2-4-10(18)14(22)23/h9-10,15H,1-8H2,(H,16,19)(H,17,21)(H,22,23). The van der Waals surface area contributed by atoms with Gasteiger partial charge in [0.25, 0.3) is 0 Å². The number of likely N-dealkylation sites (tertiary alicyclic amines) is 1. The van der Waals surface area contributed by atoms with E-state index in [2.05, 4.69) is 16.0 Å². The van der Waals surface area contributed by atoms with Gasteiger partial charge in [-0.25, -0.2) is 4.79 Å². The smallest absolute Gasteiger partial charge is 0.326 e. The minimum absolute atomic E-state index is 0.202. The first-order chi connectivity index (χ1) is 11.0. The van der Waals surface area contributed by atoms with E-state index in [0.717, 1.165) is 19.4 Å². The fourth-order valence-corrected chi connectivity index (χ4v) is 2.86. The largest absolute Gasteiger partial charge is 0.480 e. The van der Waals surface area contributed by atoms with Gasteiger partial charge in [-0.3, -0.25) is 14.4 Å². The summed E-state index contributed by atoms with van der Waals surface area (Å²) >= 11 is 0. The maximum atomic E-state index is 12.0. The van der Waals surface area contributed by atoms with Crippen LogP contribution in [0.1, 0.15) is 25.7 Å². The summed E-state index contributed by atoms with van der Waals surface area (Å²) in [5.74, 6) is -2.16. The van der Waals surface area contributed by atoms with E-state index in [1.807, 2.05) is 0 Å². The minimum atomic E-state index is -1.03. The van der Waals surface area contributed by atoms with E-state index >= 15 is 0 Å². The molecule has 0 aromatic rings. The second-order valence-corrected chi connectivity index (χ2v) is 5.73. The average Bonchev–Trinajstić information content (AvgIpc) is 3.20. The lowest BCUT2D eigenvalue weighted by Gasteiger charge is -2.21. The molecule has 2 aliphatic rings. The Balaban J connectivity index is 1.68. The molecule has 0 aromatic carbocycles. The van der Waals surface area contributed by atoms with Crippen molar-refractivity contribution in [3.05, 3.63) is 0 Å². The number of carbonyl (C=O) groups is 4. The Hall–Kier alpha value is -2.16. The highest BCUT2D eigenvalue weighted by atomic mass is 16.4. The SMILES string of the molecule is O=C(CNC(=O)C1CCCN1)NCC(=O)N1CCCC1C(=O)O. The van der Waals surface area contributed by atoms with Crippen LogP contribution in [0.2, 0.25) is 0 Å². The minimum Gasteiger partial charge on any atom is -0.480 e. The van der Waals surface area contributed by atoms with Gasteiger partial charge in [0, 0.05) is 6.54 Å². The van der Waals surface area contributed by atoms with E-state index in [-0.39, 0.29) is 25.0 Å². The Kier molecular flexibility index (Phi) is 5.91. The molecule has 2 fully saturated rings. The van der Waals surface area contributed by atoms with Crippen LogP contribution in [0, 0.1) is 0 Å². The van der Waals surface area contributed by atoms with Gasteiger partial charge in [-0.2, -0.15) is 0 Å². The summed E-state index contributed by atoms with van der Waals surface area (Å²) in [6, 6.07) is -1.07. The van der Waals surface area contributed by atoms with E-state index < -0.39 is 23.8 Å². The first-order valence-electron chi connectivity index (χ1n) is 7.79. The van der Waals surface area contributed by atoms with E-state index in [1.54, 1.807) is 0 Å². The molecule has 2 rings (SSSR count). The lowest BCUT2D eigenvalue weighted by atomic mass is 10.2. The highest BCUT2D eigenvalue weighted by Crippen LogP contribution is 2.17. The molecule has 4 N–H and O–H groups in total. The first kappa shape index (κ1) is 17.2. The van der Waals surface area contributed by atoms with Crippen LogP contribution in [0.4, 0.5) is 0 Å². The quantitative estimate of drug-likeness (QED) is 0.449. The van der Waals surface area contributed by atoms with Crippen molar-refractivity contribution in [2.24, 2.45) is 0 Å². The summed E-state index contributed by atoms with van der Waals surface area (Å²) in [4.78, 5) is 47.6. The molecule has 3 amide bonds. The van der Waals surface area contributed by atoms with Crippen molar-refractivity contribution in [3.8, 4) is 0 Å². The zero-order chi connectivity index (χ0) is 16.8. The summed E-state index contributed by atoms with van der Waals surface area (Å²) in [7, 11) is 0. The molecule has 0 aliphatic carbocycles. The van der Waals surface area contributed by atoms with E-state index in [1.165, 1.54) is 4.90 Å². The lowest BCUT2D eigenvalue weighted by Crippen LogP contribution is -2.48. The molecule has 9 nitrogen and oxygen atoms in total. The number of nitrogens with zero attached hydrogens (tertiary/aromatic N) is 1. The molecule has 2 atom stereocenters. The monoisotopic (exact) mass is 326 g/mol. The molecule has 0 spiro atoms. The number of carboxylic acid groups (broad SMARTS) is 1. The van der Waals surface area contributed by atoms with Crippen LogP contribution < -0.4 is 16.0 Å². The zero-order valence-electron chi connectivity index (χ0n) is 12.8. The molecule has 9 heteroatoms. The van der Waals surface area contributed by atoms with Crippen LogP contribution in [0.3, 0.4) is 0 Å². The van der Waals surface area contributed by atoms with Gasteiger partial charge < -0.3 is 26.0 Å². The van der Waals surface area contributed by atoms with E-state index in [9.17, 15) is 19.2 Å². The number of nitrogens with one attached hydrogen (secondary N) is 3. The maximum absolute atomic E-state index is 12.0. The Morgan fingerprint density at radius 3 is 2.52 bits per heavy atom. The molecular formula is C14H22N4O5. The number of amides is 3. The summed E-state index contributed by atoms with van der Waals surface area (Å²) < 4.78 is 0. The zero-order valence-corrected chi connectivity index (χ0v) is 12.8. The molecule has 2 aliphatic heterocycles. The third-order valence-corrected chi connectivity index (χ3v) is 4.09. The topological polar surface area (TPSA) is 128 Å². The fourth-order valence-electron chi connectivity index (χ4n) is 2.86. The number of aliphatic carboxylic acids is 1. The normalized spacial score (nSPS) is 23.6. The van der Waals surface area contributed by atoms with Gasteiger partial charge in [-0.15, -0.1) is 0 Å². The van der Waals surface area contributed by atoms with Gasteiger partial charge in [0.1, 0.15) is 6.04 Å². The summed E-state index contributed by atoms with van der Waals surface area (Å²) in [5, 5.41) is 17.0. The highest BCUT2D eigenvalue weighted by molar-refractivity contribution is 5.91. The summed E-state index contributed by atoms with van der Waals surface area (Å²) in [5.41, 5.74) is 0. The third-order valence-electron chi connectivity index (χ3n) is 4.09. The van der Waals surface area contributed by atoms with Crippen molar-refractivity contribution in [1.82, 2.24) is 20.9 Å². The third kappa shape index (κ3) is 4.65. The number of hydrogen-bond acceptors (Lipinski definition) is 5. The van der Waals surface area contributed by atoms with Crippen molar-refractivity contribution >= 4 is 23.7 Å². The predicted octanol–water partition coefficient (Wildman–Crippen LogP) is -1.95. The van der Waals surface area contributed by atoms with Crippen molar-refractivity contribution in [1.29, 1.82) is 0 Å². The van der Waals surface area contributed by atoms with Crippen molar-refractivity contribution in [3.63, 3.8) is 0 Å². The van der Waals surface area contributed by atoms with Crippen LogP contribution in [0.25, 0.3) is 0 Å². The number of carbonyl (C=O) groups excluding carboxylic acids is 3. The molecule has 0 aromatic heterocycles. The van der Waals surface area contributed by atoms with Gasteiger partial charge >= 0.3 is 5.97 Å². The molecule has 0 saturated carbocycles. The Morgan fingerprint density at radius 1 is 1.09 bits per heavy atom. The summed E-state index contributed by atoms with van der Waals surface area (Å²) in [6.07, 6.45) is 2.75. The van der Waals surface area contributed by atoms with Gasteiger partial charge in [0.2, 0.25) is 17.7 Å². The summed E-state index contributed by atoms with van der Waals surface area (Å²) in [6.45, 7) is 0.710. The number of rotatable bonds is 6. The van der Waals surface area contributed by atoms with Crippen molar-refractivity contribution in [2.45, 2.75) is 37.8 Å². The van der Waals surface area contributed by atoms with Crippen LogP contribution >= 0.6 is 0 Å². The Bertz CT molecular complexity index is 490. The van der Waals surface area contributed by atoms with Gasteiger partial charge in [0.05, 0.1) is 19.1 Å². The maximum Gasteiger partial charge on any atom is 0.326 e. The van der Waals surface area contributed by atoms with Crippen LogP contribution in [0.5, 0.6) is 0 Å². The molecule has 2 heterocycles. The molecule has 23 heavy (non-hydrogen) atoms. The van der Waals surface area contributed by atoms with Crippen LogP contribution in [0.15, 0.2) is 0 Å². The molecule has 128 valence electrons. The van der Waals surface area contributed by atoms with Crippen molar-refractivity contribution in [2.75, 3.05) is 26.2 Å². The lowest BCUT2D eigenvalue weighted by molar-refractivity contribution is -0.148. The van der Waals surface area contributed by atoms with Gasteiger partial charge in [0.15, 0.2) is 0 Å². The molecule has 2 saturated heterocycles. The molecule has 2 unspecified atom stereocenters. The van der Waals surface area contributed by atoms with E-state index in [0.29, 0.717) is 19.4 Å². The molecular weight excluding hydrogens is 304 g/mol. The van der Waals surface area contributed by atoms with Crippen molar-refractivity contribution < 1.29 is 24.3 Å². The number of hydrogen-bond donors (Lipinski definition) is 4. The first-order valence-corrected chi connectivity index (χ1v) is 7.79. The van der Waals surface area contributed by atoms with E-state index in [4.69, 9.17) is 5.11 Å². The van der Waals surface area contributed by atoms with Crippen LogP contribution in [-0.4, -0.2) is 72.0 Å².